The zero-order valence-corrected chi connectivity index (χ0v) is 13.5. The second-order valence-corrected chi connectivity index (χ2v) is 6.07. The summed E-state index contributed by atoms with van der Waals surface area (Å²) in [5, 5.41) is 0. The number of benzene rings is 1. The summed E-state index contributed by atoms with van der Waals surface area (Å²) < 4.78 is 25.4. The van der Waals surface area contributed by atoms with Crippen molar-refractivity contribution in [2.24, 2.45) is 5.92 Å². The lowest BCUT2D eigenvalue weighted by Gasteiger charge is -2.35. The van der Waals surface area contributed by atoms with Crippen molar-refractivity contribution in [1.82, 2.24) is 0 Å². The van der Waals surface area contributed by atoms with Gasteiger partial charge in [0.1, 0.15) is 5.82 Å². The van der Waals surface area contributed by atoms with E-state index in [9.17, 15) is 4.39 Å². The number of ether oxygens (including phenoxy) is 2. The Hall–Kier alpha value is -1.19. The van der Waals surface area contributed by atoms with Crippen LogP contribution in [0, 0.1) is 11.7 Å². The zero-order valence-electron chi connectivity index (χ0n) is 13.5. The van der Waals surface area contributed by atoms with Crippen molar-refractivity contribution in [3.63, 3.8) is 0 Å². The molecule has 0 spiro atoms. The average Bonchev–Trinajstić information content (AvgIpc) is 2.52. The van der Waals surface area contributed by atoms with Gasteiger partial charge in [-0.3, -0.25) is 0 Å². The molecule has 0 amide bonds. The summed E-state index contributed by atoms with van der Waals surface area (Å²) in [6, 6.07) is 6.67. The van der Waals surface area contributed by atoms with Crippen LogP contribution in [0.25, 0.3) is 0 Å². The van der Waals surface area contributed by atoms with Crippen LogP contribution >= 0.6 is 0 Å². The second kappa shape index (κ2) is 9.06. The second-order valence-electron chi connectivity index (χ2n) is 6.07. The maximum Gasteiger partial charge on any atom is 0.186 e. The molecule has 0 N–H and O–H groups in total. The quantitative estimate of drug-likeness (QED) is 0.473. The molecule has 2 nitrogen and oxygen atoms in total. The maximum atomic E-state index is 13.8. The fraction of sp³-hybridized carbons (Fsp3) is 0.579. The molecule has 22 heavy (non-hydrogen) atoms. The third-order valence-corrected chi connectivity index (χ3v) is 4.36. The Bertz CT molecular complexity index is 461. The highest BCUT2D eigenvalue weighted by atomic mass is 19.1. The number of rotatable bonds is 8. The van der Waals surface area contributed by atoms with Crippen molar-refractivity contribution in [3.8, 4) is 0 Å². The van der Waals surface area contributed by atoms with Gasteiger partial charge in [0, 0.05) is 11.5 Å². The summed E-state index contributed by atoms with van der Waals surface area (Å²) in [6.45, 7) is 6.45. The van der Waals surface area contributed by atoms with Crippen LogP contribution in [0.5, 0.6) is 0 Å². The Morgan fingerprint density at radius 1 is 1.23 bits per heavy atom. The lowest BCUT2D eigenvalue weighted by molar-refractivity contribution is -0.238. The minimum absolute atomic E-state index is 0.103. The molecule has 0 saturated carbocycles. The molecule has 3 unspecified atom stereocenters. The van der Waals surface area contributed by atoms with Crippen molar-refractivity contribution >= 4 is 0 Å². The van der Waals surface area contributed by atoms with E-state index in [0.29, 0.717) is 18.1 Å². The first-order valence-electron chi connectivity index (χ1n) is 8.34. The van der Waals surface area contributed by atoms with Crippen molar-refractivity contribution in [1.29, 1.82) is 0 Å². The van der Waals surface area contributed by atoms with Crippen LogP contribution < -0.4 is 0 Å². The Balaban J connectivity index is 1.73. The third kappa shape index (κ3) is 4.92. The van der Waals surface area contributed by atoms with Crippen molar-refractivity contribution in [2.75, 3.05) is 6.61 Å². The topological polar surface area (TPSA) is 18.5 Å². The van der Waals surface area contributed by atoms with Crippen LogP contribution in [0.2, 0.25) is 0 Å². The summed E-state index contributed by atoms with van der Waals surface area (Å²) >= 11 is 0. The van der Waals surface area contributed by atoms with Crippen LogP contribution in [0.15, 0.2) is 36.9 Å². The van der Waals surface area contributed by atoms with Gasteiger partial charge < -0.3 is 9.47 Å². The van der Waals surface area contributed by atoms with Gasteiger partial charge in [-0.2, -0.15) is 0 Å². The van der Waals surface area contributed by atoms with E-state index >= 15 is 0 Å². The molecule has 1 saturated heterocycles. The van der Waals surface area contributed by atoms with E-state index in [-0.39, 0.29) is 11.9 Å². The lowest BCUT2D eigenvalue weighted by atomic mass is 9.95. The summed E-state index contributed by atoms with van der Waals surface area (Å²) in [5.41, 5.74) is 0.497. The summed E-state index contributed by atoms with van der Waals surface area (Å²) in [7, 11) is 0. The van der Waals surface area contributed by atoms with E-state index in [2.05, 4.69) is 13.5 Å². The molecule has 0 radical (unpaired) electrons. The molecule has 3 heteroatoms. The maximum absolute atomic E-state index is 13.8. The molecule has 3 atom stereocenters. The first kappa shape index (κ1) is 17.2. The van der Waals surface area contributed by atoms with Gasteiger partial charge >= 0.3 is 0 Å². The number of hydrogen-bond acceptors (Lipinski definition) is 2. The highest BCUT2D eigenvalue weighted by Crippen LogP contribution is 2.32. The summed E-state index contributed by atoms with van der Waals surface area (Å²) in [6.07, 6.45) is 8.66. The van der Waals surface area contributed by atoms with Crippen molar-refractivity contribution < 1.29 is 13.9 Å². The summed E-state index contributed by atoms with van der Waals surface area (Å²) in [5.74, 6) is 0.141. The highest BCUT2D eigenvalue weighted by Gasteiger charge is 2.30. The van der Waals surface area contributed by atoms with Crippen molar-refractivity contribution in [3.05, 3.63) is 48.3 Å². The predicted molar refractivity (Wildman–Crippen MR) is 87.0 cm³/mol. The Morgan fingerprint density at radius 3 is 2.73 bits per heavy atom. The fourth-order valence-electron chi connectivity index (χ4n) is 2.89. The van der Waals surface area contributed by atoms with Gasteiger partial charge in [-0.15, -0.1) is 6.58 Å². The van der Waals surface area contributed by atoms with Crippen molar-refractivity contribution in [2.45, 2.75) is 57.8 Å². The minimum atomic E-state index is -0.569. The molecule has 1 aromatic rings. The Morgan fingerprint density at radius 2 is 2.00 bits per heavy atom. The Kier molecular flexibility index (Phi) is 7.07. The van der Waals surface area contributed by atoms with Crippen LogP contribution in [-0.4, -0.2) is 12.7 Å². The molecule has 1 aliphatic heterocycles. The normalized spacial score (nSPS) is 25.1. The first-order chi connectivity index (χ1) is 10.7. The lowest BCUT2D eigenvalue weighted by Crippen LogP contribution is -2.34. The molecular formula is C19H27FO2. The SMILES string of the molecule is C=CCCCCCCC1COC(c2ccccc2F)OC1C. The first-order valence-corrected chi connectivity index (χ1v) is 8.34. The van der Waals surface area contributed by atoms with Crippen LogP contribution in [0.3, 0.4) is 0 Å². The van der Waals surface area contributed by atoms with Gasteiger partial charge in [-0.25, -0.2) is 4.39 Å². The number of halogens is 1. The summed E-state index contributed by atoms with van der Waals surface area (Å²) in [4.78, 5) is 0. The number of allylic oxidation sites excluding steroid dienone is 1. The van der Waals surface area contributed by atoms with E-state index in [1.165, 1.54) is 31.7 Å². The number of unbranched alkanes of at least 4 members (excludes halogenated alkanes) is 4. The molecule has 0 aromatic heterocycles. The van der Waals surface area contributed by atoms with Gasteiger partial charge in [0.2, 0.25) is 0 Å². The third-order valence-electron chi connectivity index (χ3n) is 4.36. The monoisotopic (exact) mass is 306 g/mol. The van der Waals surface area contributed by atoms with Crippen LogP contribution in [0.4, 0.5) is 4.39 Å². The molecule has 1 fully saturated rings. The van der Waals surface area contributed by atoms with E-state index in [0.717, 1.165) is 12.8 Å². The van der Waals surface area contributed by atoms with E-state index in [1.807, 2.05) is 12.1 Å². The highest BCUT2D eigenvalue weighted by molar-refractivity contribution is 5.18. The Labute approximate surface area is 133 Å². The van der Waals surface area contributed by atoms with Gasteiger partial charge in [-0.05, 0) is 32.3 Å². The van der Waals surface area contributed by atoms with Gasteiger partial charge in [0.15, 0.2) is 6.29 Å². The molecule has 1 heterocycles. The van der Waals surface area contributed by atoms with E-state index in [1.54, 1.807) is 12.1 Å². The average molecular weight is 306 g/mol. The molecule has 0 aliphatic carbocycles. The van der Waals surface area contributed by atoms with Crippen LogP contribution in [0.1, 0.15) is 57.3 Å². The molecule has 2 rings (SSSR count). The molecule has 1 aromatic carbocycles. The zero-order chi connectivity index (χ0) is 15.8. The molecular weight excluding hydrogens is 279 g/mol. The van der Waals surface area contributed by atoms with E-state index in [4.69, 9.17) is 9.47 Å². The smallest absolute Gasteiger partial charge is 0.186 e. The van der Waals surface area contributed by atoms with Gasteiger partial charge in [0.05, 0.1) is 12.7 Å². The van der Waals surface area contributed by atoms with Gasteiger partial charge in [-0.1, -0.05) is 43.5 Å². The molecule has 0 bridgehead atoms. The number of hydrogen-bond donors (Lipinski definition) is 0. The van der Waals surface area contributed by atoms with E-state index < -0.39 is 6.29 Å². The molecule has 1 aliphatic rings. The fourth-order valence-corrected chi connectivity index (χ4v) is 2.89. The largest absolute Gasteiger partial charge is 0.348 e. The predicted octanol–water partition coefficient (Wildman–Crippen LogP) is 5.40. The molecule has 122 valence electrons. The standard InChI is InChI=1S/C19H27FO2/c1-3-4-5-6-7-8-11-16-14-21-19(22-15(16)2)17-12-9-10-13-18(17)20/h3,9-10,12-13,15-16,19H,1,4-8,11,14H2,2H3. The van der Waals surface area contributed by atoms with Gasteiger partial charge in [0.25, 0.3) is 0 Å². The minimum Gasteiger partial charge on any atom is -0.348 e. The van der Waals surface area contributed by atoms with Crippen LogP contribution in [-0.2, 0) is 9.47 Å².